The fourth-order valence-corrected chi connectivity index (χ4v) is 3.51. The summed E-state index contributed by atoms with van der Waals surface area (Å²) < 4.78 is 57.3. The molecule has 1 unspecified atom stereocenters. The van der Waals surface area contributed by atoms with E-state index in [1.54, 1.807) is 6.92 Å². The molecule has 1 atom stereocenters. The Morgan fingerprint density at radius 2 is 1.67 bits per heavy atom. The molecule has 0 radical (unpaired) electrons. The Balaban J connectivity index is 2.29. The first-order valence-electron chi connectivity index (χ1n) is 7.25. The first-order chi connectivity index (χ1) is 10.9. The zero-order chi connectivity index (χ0) is 18.3. The molecule has 2 aromatic rings. The van der Waals surface area contributed by atoms with Crippen molar-refractivity contribution in [3.63, 3.8) is 0 Å². The summed E-state index contributed by atoms with van der Waals surface area (Å²) >= 11 is 0. The third kappa shape index (κ3) is 4.04. The summed E-state index contributed by atoms with van der Waals surface area (Å²) in [4.78, 5) is 7.83. The summed E-state index contributed by atoms with van der Waals surface area (Å²) in [5.41, 5.74) is 0. The highest BCUT2D eigenvalue weighted by molar-refractivity contribution is 7.90. The van der Waals surface area contributed by atoms with Gasteiger partial charge in [-0.25, -0.2) is 26.8 Å². The molecule has 0 saturated heterocycles. The summed E-state index contributed by atoms with van der Waals surface area (Å²) in [6.07, 6.45) is 3.69. The summed E-state index contributed by atoms with van der Waals surface area (Å²) in [7, 11) is -7.01. The average Bonchev–Trinajstić information content (AvgIpc) is 3.03. The lowest BCUT2D eigenvalue weighted by atomic mass is 10.1. The van der Waals surface area contributed by atoms with Crippen LogP contribution in [0.4, 0.5) is 0 Å². The number of aromatic nitrogens is 2. The van der Waals surface area contributed by atoms with Gasteiger partial charge in [0.15, 0.2) is 20.8 Å². The van der Waals surface area contributed by atoms with Crippen molar-refractivity contribution in [2.75, 3.05) is 12.5 Å². The molecule has 0 fully saturated rings. The third-order valence-electron chi connectivity index (χ3n) is 3.33. The molecule has 0 N–H and O–H groups in total. The van der Waals surface area contributed by atoms with E-state index in [0.717, 1.165) is 12.5 Å². The molecule has 0 spiro atoms. The van der Waals surface area contributed by atoms with E-state index in [1.807, 2.05) is 13.8 Å². The van der Waals surface area contributed by atoms with Crippen LogP contribution in [-0.2, 0) is 26.1 Å². The van der Waals surface area contributed by atoms with Gasteiger partial charge >= 0.3 is 5.22 Å². The minimum atomic E-state index is -3.52. The molecule has 0 aliphatic rings. The van der Waals surface area contributed by atoms with E-state index in [1.165, 1.54) is 6.20 Å². The maximum absolute atomic E-state index is 11.8. The van der Waals surface area contributed by atoms with Crippen molar-refractivity contribution in [1.82, 2.24) is 9.97 Å². The molecule has 0 aliphatic heterocycles. The third-order valence-corrected chi connectivity index (χ3v) is 5.14. The second kappa shape index (κ2) is 6.32. The van der Waals surface area contributed by atoms with Crippen LogP contribution in [0.3, 0.4) is 0 Å². The Bertz CT molecular complexity index is 938. The van der Waals surface area contributed by atoms with Crippen LogP contribution in [-0.4, -0.2) is 39.3 Å². The standard InChI is InChI=1S/C14H20N2O6S2/c1-8(2)12-13(23(4,17)18)16-11(22-12)6-9(3)10-7-15-14(21-10)24(5,19)20/h7-9H,6H2,1-5H3. The molecular formula is C14H20N2O6S2. The van der Waals surface area contributed by atoms with Gasteiger partial charge in [-0.1, -0.05) is 20.8 Å². The summed E-state index contributed by atoms with van der Waals surface area (Å²) in [5, 5.41) is -0.412. The predicted molar refractivity (Wildman–Crippen MR) is 85.4 cm³/mol. The normalized spacial score (nSPS) is 14.2. The summed E-state index contributed by atoms with van der Waals surface area (Å²) in [6.45, 7) is 5.42. The van der Waals surface area contributed by atoms with Crippen LogP contribution in [0.5, 0.6) is 0 Å². The lowest BCUT2D eigenvalue weighted by Gasteiger charge is -2.04. The van der Waals surface area contributed by atoms with E-state index >= 15 is 0 Å². The van der Waals surface area contributed by atoms with Crippen LogP contribution >= 0.6 is 0 Å². The number of hydrogen-bond acceptors (Lipinski definition) is 8. The van der Waals surface area contributed by atoms with Crippen LogP contribution < -0.4 is 0 Å². The van der Waals surface area contributed by atoms with E-state index in [-0.39, 0.29) is 34.4 Å². The monoisotopic (exact) mass is 376 g/mol. The second-order valence-corrected chi connectivity index (χ2v) is 9.93. The Labute approximate surface area is 141 Å². The largest absolute Gasteiger partial charge is 0.444 e. The molecule has 8 nitrogen and oxygen atoms in total. The molecule has 2 heterocycles. The van der Waals surface area contributed by atoms with Gasteiger partial charge in [0.2, 0.25) is 9.84 Å². The SMILES string of the molecule is CC(C)c1oc(CC(C)c2cnc(S(C)(=O)=O)o2)nc1S(C)(=O)=O. The maximum atomic E-state index is 11.8. The van der Waals surface area contributed by atoms with Crippen LogP contribution in [0, 0.1) is 0 Å². The van der Waals surface area contributed by atoms with E-state index in [0.29, 0.717) is 11.5 Å². The van der Waals surface area contributed by atoms with Crippen molar-refractivity contribution in [2.24, 2.45) is 0 Å². The highest BCUT2D eigenvalue weighted by atomic mass is 32.2. The van der Waals surface area contributed by atoms with Gasteiger partial charge in [-0.2, -0.15) is 0 Å². The van der Waals surface area contributed by atoms with Gasteiger partial charge in [0, 0.05) is 30.8 Å². The van der Waals surface area contributed by atoms with Crippen molar-refractivity contribution < 1.29 is 25.7 Å². The smallest absolute Gasteiger partial charge is 0.314 e. The minimum Gasteiger partial charge on any atom is -0.444 e. The molecule has 2 aromatic heterocycles. The lowest BCUT2D eigenvalue weighted by Crippen LogP contribution is -2.03. The summed E-state index contributed by atoms with van der Waals surface area (Å²) in [6, 6.07) is 0. The first kappa shape index (κ1) is 18.7. The van der Waals surface area contributed by atoms with Crippen molar-refractivity contribution in [1.29, 1.82) is 0 Å². The molecule has 24 heavy (non-hydrogen) atoms. The van der Waals surface area contributed by atoms with Gasteiger partial charge in [0.25, 0.3) is 0 Å². The van der Waals surface area contributed by atoms with Crippen LogP contribution in [0.1, 0.15) is 50.0 Å². The Hall–Kier alpha value is -1.68. The van der Waals surface area contributed by atoms with Gasteiger partial charge < -0.3 is 8.83 Å². The minimum absolute atomic E-state index is 0.0610. The fourth-order valence-electron chi connectivity index (χ4n) is 2.11. The fraction of sp³-hybridized carbons (Fsp3) is 0.571. The van der Waals surface area contributed by atoms with E-state index in [2.05, 4.69) is 9.97 Å². The van der Waals surface area contributed by atoms with Crippen LogP contribution in [0.25, 0.3) is 0 Å². The maximum Gasteiger partial charge on any atom is 0.314 e. The quantitative estimate of drug-likeness (QED) is 0.750. The first-order valence-corrected chi connectivity index (χ1v) is 11.0. The predicted octanol–water partition coefficient (Wildman–Crippen LogP) is 1.94. The molecule has 0 aromatic carbocycles. The molecular weight excluding hydrogens is 356 g/mol. The summed E-state index contributed by atoms with van der Waals surface area (Å²) in [5.74, 6) is 0.520. The van der Waals surface area contributed by atoms with E-state index in [9.17, 15) is 16.8 Å². The van der Waals surface area contributed by atoms with Crippen molar-refractivity contribution >= 4 is 19.7 Å². The highest BCUT2D eigenvalue weighted by Crippen LogP contribution is 2.28. The molecule has 0 saturated carbocycles. The van der Waals surface area contributed by atoms with Crippen molar-refractivity contribution in [3.05, 3.63) is 23.6 Å². The molecule has 0 bridgehead atoms. The lowest BCUT2D eigenvalue weighted by molar-refractivity contribution is 0.366. The Morgan fingerprint density at radius 3 is 2.08 bits per heavy atom. The Kier molecular flexibility index (Phi) is 4.91. The molecule has 0 amide bonds. The van der Waals surface area contributed by atoms with Crippen LogP contribution in [0.15, 0.2) is 25.3 Å². The zero-order valence-corrected chi connectivity index (χ0v) is 15.7. The van der Waals surface area contributed by atoms with Gasteiger partial charge in [-0.3, -0.25) is 0 Å². The zero-order valence-electron chi connectivity index (χ0n) is 14.1. The number of hydrogen-bond donors (Lipinski definition) is 0. The molecule has 0 aliphatic carbocycles. The van der Waals surface area contributed by atoms with Crippen molar-refractivity contribution in [2.45, 2.75) is 49.3 Å². The number of nitrogens with zero attached hydrogens (tertiary/aromatic N) is 2. The topological polar surface area (TPSA) is 120 Å². The molecule has 10 heteroatoms. The average molecular weight is 376 g/mol. The molecule has 2 rings (SSSR count). The second-order valence-electron chi connectivity index (χ2n) is 6.11. The van der Waals surface area contributed by atoms with E-state index in [4.69, 9.17) is 8.83 Å². The molecule has 134 valence electrons. The van der Waals surface area contributed by atoms with Gasteiger partial charge in [0.05, 0.1) is 6.20 Å². The number of sulfone groups is 2. The van der Waals surface area contributed by atoms with E-state index < -0.39 is 19.7 Å². The van der Waals surface area contributed by atoms with Crippen molar-refractivity contribution in [3.8, 4) is 0 Å². The number of oxazole rings is 2. The number of rotatable bonds is 6. The highest BCUT2D eigenvalue weighted by Gasteiger charge is 2.26. The van der Waals surface area contributed by atoms with Gasteiger partial charge in [0.1, 0.15) is 11.5 Å². The van der Waals surface area contributed by atoms with Crippen LogP contribution in [0.2, 0.25) is 0 Å². The Morgan fingerprint density at radius 1 is 1.04 bits per heavy atom. The van der Waals surface area contributed by atoms with Gasteiger partial charge in [-0.15, -0.1) is 0 Å². The van der Waals surface area contributed by atoms with Gasteiger partial charge in [-0.05, 0) is 0 Å².